The van der Waals surface area contributed by atoms with Crippen LogP contribution in [0.2, 0.25) is 0 Å². The summed E-state index contributed by atoms with van der Waals surface area (Å²) >= 11 is 0. The van der Waals surface area contributed by atoms with Crippen molar-refractivity contribution in [2.45, 2.75) is 25.7 Å². The highest BCUT2D eigenvalue weighted by atomic mass is 16.6. The van der Waals surface area contributed by atoms with Crippen molar-refractivity contribution in [1.29, 1.82) is 0 Å². The number of hydrogen-bond donors (Lipinski definition) is 2. The van der Waals surface area contributed by atoms with Crippen LogP contribution in [-0.2, 0) is 9.47 Å². The first kappa shape index (κ1) is 14.5. The Balaban J connectivity index is 3.10. The Morgan fingerprint density at radius 2 is 1.19 bits per heavy atom. The monoisotopic (exact) mass is 232 g/mol. The van der Waals surface area contributed by atoms with Crippen LogP contribution in [0.25, 0.3) is 0 Å². The molecule has 0 aliphatic heterocycles. The van der Waals surface area contributed by atoms with Gasteiger partial charge in [-0.05, 0) is 25.7 Å². The summed E-state index contributed by atoms with van der Waals surface area (Å²) in [7, 11) is 3.05. The number of carbonyl (C=O) groups excluding carboxylic acids is 2. The van der Waals surface area contributed by atoms with Crippen LogP contribution in [-0.4, -0.2) is 39.5 Å². The minimum Gasteiger partial charge on any atom is -0.450 e. The van der Waals surface area contributed by atoms with E-state index in [0.29, 0.717) is 13.2 Å². The van der Waals surface area contributed by atoms with E-state index in [0.717, 1.165) is 25.7 Å². The van der Waals surface area contributed by atoms with Gasteiger partial charge >= 0.3 is 12.2 Å². The number of carbonyl (C=O) groups is 2. The van der Waals surface area contributed by atoms with Crippen LogP contribution in [0.4, 0.5) is 9.59 Å². The Bertz CT molecular complexity index is 187. The van der Waals surface area contributed by atoms with Crippen LogP contribution in [0, 0.1) is 0 Å². The van der Waals surface area contributed by atoms with Gasteiger partial charge < -0.3 is 20.1 Å². The summed E-state index contributed by atoms with van der Waals surface area (Å²) < 4.78 is 9.62. The number of amides is 2. The van der Waals surface area contributed by atoms with Crippen molar-refractivity contribution in [3.8, 4) is 0 Å². The molecule has 0 aliphatic carbocycles. The average Bonchev–Trinajstić information content (AvgIpc) is 2.31. The molecule has 0 saturated carbocycles. The number of alkyl carbamates (subject to hydrolysis) is 2. The molecule has 2 amide bonds. The van der Waals surface area contributed by atoms with E-state index in [2.05, 4.69) is 10.6 Å². The fourth-order valence-electron chi connectivity index (χ4n) is 1.03. The Hall–Kier alpha value is -1.46. The van der Waals surface area contributed by atoms with Gasteiger partial charge in [0.15, 0.2) is 0 Å². The highest BCUT2D eigenvalue weighted by Crippen LogP contribution is 2.00. The predicted octanol–water partition coefficient (Wildman–Crippen LogP) is 1.26. The lowest BCUT2D eigenvalue weighted by Gasteiger charge is -2.04. The summed E-state index contributed by atoms with van der Waals surface area (Å²) in [6.45, 7) is 0.853. The Kier molecular flexibility index (Phi) is 9.15. The molecule has 0 unspecified atom stereocenters. The highest BCUT2D eigenvalue weighted by molar-refractivity contribution is 5.66. The topological polar surface area (TPSA) is 76.7 Å². The van der Waals surface area contributed by atoms with Gasteiger partial charge in [-0.2, -0.15) is 0 Å². The predicted molar refractivity (Wildman–Crippen MR) is 59.3 cm³/mol. The lowest BCUT2D eigenvalue weighted by Crippen LogP contribution is -2.20. The maximum Gasteiger partial charge on any atom is 0.406 e. The minimum atomic E-state index is -0.400. The van der Waals surface area contributed by atoms with E-state index in [1.54, 1.807) is 0 Å². The fraction of sp³-hybridized carbons (Fsp3) is 0.800. The summed E-state index contributed by atoms with van der Waals surface area (Å²) in [6, 6.07) is 0. The summed E-state index contributed by atoms with van der Waals surface area (Å²) in [5, 5.41) is 4.74. The smallest absolute Gasteiger partial charge is 0.406 e. The molecule has 0 bridgehead atoms. The van der Waals surface area contributed by atoms with Crippen LogP contribution in [0.1, 0.15) is 25.7 Å². The van der Waals surface area contributed by atoms with Gasteiger partial charge in [-0.1, -0.05) is 0 Å². The SMILES string of the molecule is CNC(=O)OCCCCCCOC(=O)NC. The summed E-state index contributed by atoms with van der Waals surface area (Å²) in [4.78, 5) is 21.3. The van der Waals surface area contributed by atoms with Crippen molar-refractivity contribution in [3.05, 3.63) is 0 Å². The molecule has 94 valence electrons. The largest absolute Gasteiger partial charge is 0.450 e. The Morgan fingerprint density at radius 1 is 0.812 bits per heavy atom. The van der Waals surface area contributed by atoms with Crippen molar-refractivity contribution >= 4 is 12.2 Å². The molecule has 16 heavy (non-hydrogen) atoms. The minimum absolute atomic E-state index is 0.400. The van der Waals surface area contributed by atoms with E-state index in [1.807, 2.05) is 0 Å². The molecular weight excluding hydrogens is 212 g/mol. The van der Waals surface area contributed by atoms with Gasteiger partial charge in [0, 0.05) is 14.1 Å². The molecule has 6 nitrogen and oxygen atoms in total. The molecule has 0 saturated heterocycles. The third-order valence-electron chi connectivity index (χ3n) is 1.91. The second kappa shape index (κ2) is 10.1. The number of ether oxygens (including phenoxy) is 2. The zero-order valence-electron chi connectivity index (χ0n) is 9.88. The van der Waals surface area contributed by atoms with Crippen LogP contribution in [0.3, 0.4) is 0 Å². The molecule has 0 aliphatic rings. The highest BCUT2D eigenvalue weighted by Gasteiger charge is 1.98. The van der Waals surface area contributed by atoms with Gasteiger partial charge in [-0.15, -0.1) is 0 Å². The molecule has 0 radical (unpaired) electrons. The standard InChI is InChI=1S/C10H20N2O4/c1-11-9(13)15-7-5-3-4-6-8-16-10(14)12-2/h3-8H2,1-2H3,(H,11,13)(H,12,14). The maximum absolute atomic E-state index is 10.7. The third-order valence-corrected chi connectivity index (χ3v) is 1.91. The van der Waals surface area contributed by atoms with Gasteiger partial charge in [-0.3, -0.25) is 0 Å². The molecule has 0 aromatic rings. The van der Waals surface area contributed by atoms with Crippen LogP contribution >= 0.6 is 0 Å². The Morgan fingerprint density at radius 3 is 1.50 bits per heavy atom. The molecule has 0 spiro atoms. The molecule has 0 aromatic carbocycles. The quantitative estimate of drug-likeness (QED) is 0.648. The van der Waals surface area contributed by atoms with Gasteiger partial charge in [0.25, 0.3) is 0 Å². The van der Waals surface area contributed by atoms with E-state index in [1.165, 1.54) is 14.1 Å². The second-order valence-corrected chi connectivity index (χ2v) is 3.19. The first-order chi connectivity index (χ1) is 7.70. The van der Waals surface area contributed by atoms with Gasteiger partial charge in [-0.25, -0.2) is 9.59 Å². The third kappa shape index (κ3) is 9.11. The van der Waals surface area contributed by atoms with Crippen molar-refractivity contribution in [1.82, 2.24) is 10.6 Å². The molecule has 0 atom stereocenters. The number of rotatable bonds is 7. The molecule has 6 heteroatoms. The number of hydrogen-bond acceptors (Lipinski definition) is 4. The molecule has 0 heterocycles. The molecule has 0 rings (SSSR count). The summed E-state index contributed by atoms with van der Waals surface area (Å²) in [5.74, 6) is 0. The molecule has 2 N–H and O–H groups in total. The van der Waals surface area contributed by atoms with Gasteiger partial charge in [0.1, 0.15) is 0 Å². The van der Waals surface area contributed by atoms with Crippen molar-refractivity contribution in [3.63, 3.8) is 0 Å². The van der Waals surface area contributed by atoms with E-state index < -0.39 is 12.2 Å². The molecular formula is C10H20N2O4. The van der Waals surface area contributed by atoms with Gasteiger partial charge in [0.2, 0.25) is 0 Å². The van der Waals surface area contributed by atoms with E-state index in [9.17, 15) is 9.59 Å². The lowest BCUT2D eigenvalue weighted by atomic mass is 10.2. The summed E-state index contributed by atoms with van der Waals surface area (Å²) in [5.41, 5.74) is 0. The first-order valence-corrected chi connectivity index (χ1v) is 5.39. The molecule has 0 aromatic heterocycles. The first-order valence-electron chi connectivity index (χ1n) is 5.39. The van der Waals surface area contributed by atoms with Crippen LogP contribution in [0.15, 0.2) is 0 Å². The summed E-state index contributed by atoms with van der Waals surface area (Å²) in [6.07, 6.45) is 2.76. The van der Waals surface area contributed by atoms with Crippen molar-refractivity contribution in [2.24, 2.45) is 0 Å². The van der Waals surface area contributed by atoms with Crippen LogP contribution in [0.5, 0.6) is 0 Å². The maximum atomic E-state index is 10.7. The number of unbranched alkanes of at least 4 members (excludes halogenated alkanes) is 3. The normalized spacial score (nSPS) is 9.38. The van der Waals surface area contributed by atoms with Crippen molar-refractivity contribution < 1.29 is 19.1 Å². The second-order valence-electron chi connectivity index (χ2n) is 3.19. The van der Waals surface area contributed by atoms with Crippen molar-refractivity contribution in [2.75, 3.05) is 27.3 Å². The van der Waals surface area contributed by atoms with Gasteiger partial charge in [0.05, 0.1) is 13.2 Å². The fourth-order valence-corrected chi connectivity index (χ4v) is 1.03. The average molecular weight is 232 g/mol. The molecule has 0 fully saturated rings. The Labute approximate surface area is 95.7 Å². The van der Waals surface area contributed by atoms with Crippen LogP contribution < -0.4 is 10.6 Å². The lowest BCUT2D eigenvalue weighted by molar-refractivity contribution is 0.140. The number of nitrogens with one attached hydrogen (secondary N) is 2. The van der Waals surface area contributed by atoms with E-state index in [4.69, 9.17) is 9.47 Å². The zero-order chi connectivity index (χ0) is 12.2. The van der Waals surface area contributed by atoms with E-state index >= 15 is 0 Å². The van der Waals surface area contributed by atoms with E-state index in [-0.39, 0.29) is 0 Å². The zero-order valence-corrected chi connectivity index (χ0v) is 9.88.